The fourth-order valence-corrected chi connectivity index (χ4v) is 3.57. The number of carbonyl (C=O) groups is 1. The maximum Gasteiger partial charge on any atom is 0.327 e. The highest BCUT2D eigenvalue weighted by molar-refractivity contribution is 7.10. The number of ether oxygens (including phenoxy) is 1. The van der Waals surface area contributed by atoms with Crippen molar-refractivity contribution in [2.24, 2.45) is 5.92 Å². The third-order valence-corrected chi connectivity index (χ3v) is 5.02. The first-order valence-corrected chi connectivity index (χ1v) is 7.69. The zero-order valence-electron chi connectivity index (χ0n) is 10.5. The highest BCUT2D eigenvalue weighted by Crippen LogP contribution is 2.30. The summed E-state index contributed by atoms with van der Waals surface area (Å²) in [6.45, 7) is 1.46. The molecule has 1 aliphatic heterocycles. The Morgan fingerprint density at radius 1 is 1.50 bits per heavy atom. The molecule has 1 saturated carbocycles. The number of rotatable bonds is 4. The van der Waals surface area contributed by atoms with E-state index in [-0.39, 0.29) is 12.0 Å². The zero-order valence-corrected chi connectivity index (χ0v) is 11.3. The monoisotopic (exact) mass is 265 g/mol. The first-order chi connectivity index (χ1) is 8.84. The van der Waals surface area contributed by atoms with Crippen LogP contribution in [-0.2, 0) is 16.0 Å². The smallest absolute Gasteiger partial charge is 0.327 e. The highest BCUT2D eigenvalue weighted by Gasteiger charge is 2.28. The molecule has 0 radical (unpaired) electrons. The van der Waals surface area contributed by atoms with Crippen LogP contribution in [0.5, 0.6) is 0 Å². The Bertz CT molecular complexity index is 425. The molecule has 18 heavy (non-hydrogen) atoms. The van der Waals surface area contributed by atoms with E-state index in [1.165, 1.54) is 24.1 Å². The third-order valence-electron chi connectivity index (χ3n) is 4.02. The van der Waals surface area contributed by atoms with E-state index in [4.69, 9.17) is 4.74 Å². The van der Waals surface area contributed by atoms with Gasteiger partial charge in [-0.3, -0.25) is 0 Å². The molecular formula is C14H19NO2S. The minimum Gasteiger partial charge on any atom is -0.464 e. The van der Waals surface area contributed by atoms with Crippen LogP contribution in [0, 0.1) is 5.92 Å². The van der Waals surface area contributed by atoms with Crippen molar-refractivity contribution in [1.29, 1.82) is 0 Å². The SMILES string of the molecule is O=C(OCCC1CCC1)C1NCCc2sccc21. The summed E-state index contributed by atoms with van der Waals surface area (Å²) in [6.07, 6.45) is 6.04. The molecule has 0 bridgehead atoms. The second-order valence-corrected chi connectivity index (χ2v) is 6.19. The van der Waals surface area contributed by atoms with Crippen molar-refractivity contribution in [3.05, 3.63) is 21.9 Å². The van der Waals surface area contributed by atoms with Gasteiger partial charge in [0.05, 0.1) is 6.61 Å². The molecule has 1 atom stereocenters. The van der Waals surface area contributed by atoms with E-state index in [0.29, 0.717) is 6.61 Å². The van der Waals surface area contributed by atoms with Gasteiger partial charge in [0.15, 0.2) is 0 Å². The zero-order chi connectivity index (χ0) is 12.4. The minimum atomic E-state index is -0.235. The molecule has 0 spiro atoms. The van der Waals surface area contributed by atoms with Gasteiger partial charge >= 0.3 is 5.97 Å². The van der Waals surface area contributed by atoms with Gasteiger partial charge < -0.3 is 10.1 Å². The summed E-state index contributed by atoms with van der Waals surface area (Å²) >= 11 is 1.74. The summed E-state index contributed by atoms with van der Waals surface area (Å²) in [5.74, 6) is 0.697. The predicted molar refractivity (Wildman–Crippen MR) is 71.7 cm³/mol. The van der Waals surface area contributed by atoms with Crippen LogP contribution in [0.1, 0.15) is 42.2 Å². The van der Waals surface area contributed by atoms with Gasteiger partial charge in [-0.25, -0.2) is 4.79 Å². The number of esters is 1. The number of hydrogen-bond acceptors (Lipinski definition) is 4. The topological polar surface area (TPSA) is 38.3 Å². The van der Waals surface area contributed by atoms with Gasteiger partial charge in [-0.05, 0) is 35.8 Å². The van der Waals surface area contributed by atoms with Crippen LogP contribution in [0.25, 0.3) is 0 Å². The molecule has 1 N–H and O–H groups in total. The maximum absolute atomic E-state index is 12.1. The first-order valence-electron chi connectivity index (χ1n) is 6.81. The summed E-state index contributed by atoms with van der Waals surface area (Å²) in [6, 6.07) is 1.81. The second-order valence-electron chi connectivity index (χ2n) is 5.19. The molecule has 1 unspecified atom stereocenters. The van der Waals surface area contributed by atoms with Gasteiger partial charge in [-0.1, -0.05) is 19.3 Å². The Morgan fingerprint density at radius 2 is 2.39 bits per heavy atom. The van der Waals surface area contributed by atoms with Gasteiger partial charge in [0.25, 0.3) is 0 Å². The van der Waals surface area contributed by atoms with Gasteiger partial charge in [-0.15, -0.1) is 11.3 Å². The molecule has 0 saturated heterocycles. The largest absolute Gasteiger partial charge is 0.464 e. The van der Waals surface area contributed by atoms with Gasteiger partial charge in [0.1, 0.15) is 6.04 Å². The fourth-order valence-electron chi connectivity index (χ4n) is 2.65. The van der Waals surface area contributed by atoms with E-state index in [2.05, 4.69) is 10.7 Å². The van der Waals surface area contributed by atoms with Crippen molar-refractivity contribution in [1.82, 2.24) is 5.32 Å². The number of fused-ring (bicyclic) bond motifs is 1. The van der Waals surface area contributed by atoms with Crippen molar-refractivity contribution in [3.63, 3.8) is 0 Å². The molecule has 3 nitrogen and oxygen atoms in total. The third kappa shape index (κ3) is 2.45. The van der Waals surface area contributed by atoms with Crippen LogP contribution in [0.15, 0.2) is 11.4 Å². The van der Waals surface area contributed by atoms with E-state index in [1.54, 1.807) is 11.3 Å². The summed E-state index contributed by atoms with van der Waals surface area (Å²) in [4.78, 5) is 13.4. The number of hydrogen-bond donors (Lipinski definition) is 1. The van der Waals surface area contributed by atoms with E-state index in [0.717, 1.165) is 30.9 Å². The Balaban J connectivity index is 1.53. The molecule has 2 heterocycles. The van der Waals surface area contributed by atoms with Gasteiger partial charge in [0.2, 0.25) is 0 Å². The predicted octanol–water partition coefficient (Wildman–Crippen LogP) is 2.67. The number of carbonyl (C=O) groups excluding carboxylic acids is 1. The van der Waals surface area contributed by atoms with E-state index < -0.39 is 0 Å². The van der Waals surface area contributed by atoms with Crippen molar-refractivity contribution >= 4 is 17.3 Å². The summed E-state index contributed by atoms with van der Waals surface area (Å²) in [5, 5.41) is 5.32. The summed E-state index contributed by atoms with van der Waals surface area (Å²) in [7, 11) is 0. The average molecular weight is 265 g/mol. The van der Waals surface area contributed by atoms with Crippen LogP contribution >= 0.6 is 11.3 Å². The Kier molecular flexibility index (Phi) is 3.66. The van der Waals surface area contributed by atoms with Gasteiger partial charge in [-0.2, -0.15) is 0 Å². The van der Waals surface area contributed by atoms with Crippen LogP contribution in [-0.4, -0.2) is 19.1 Å². The van der Waals surface area contributed by atoms with Crippen LogP contribution < -0.4 is 5.32 Å². The van der Waals surface area contributed by atoms with Crippen molar-refractivity contribution in [2.45, 2.75) is 38.1 Å². The number of nitrogens with one attached hydrogen (secondary N) is 1. The maximum atomic E-state index is 12.1. The minimum absolute atomic E-state index is 0.103. The van der Waals surface area contributed by atoms with E-state index >= 15 is 0 Å². The fraction of sp³-hybridized carbons (Fsp3) is 0.643. The molecule has 1 fully saturated rings. The normalized spacial score (nSPS) is 23.2. The molecule has 1 aliphatic carbocycles. The lowest BCUT2D eigenvalue weighted by Crippen LogP contribution is -2.35. The van der Waals surface area contributed by atoms with Crippen molar-refractivity contribution < 1.29 is 9.53 Å². The molecular weight excluding hydrogens is 246 g/mol. The van der Waals surface area contributed by atoms with Crippen LogP contribution in [0.4, 0.5) is 0 Å². The molecule has 98 valence electrons. The lowest BCUT2D eigenvalue weighted by atomic mass is 9.83. The molecule has 3 rings (SSSR count). The second kappa shape index (κ2) is 5.41. The molecule has 0 amide bonds. The molecule has 2 aliphatic rings. The van der Waals surface area contributed by atoms with Crippen LogP contribution in [0.2, 0.25) is 0 Å². The standard InChI is InChI=1S/C14H19NO2S/c16-14(17-8-5-10-2-1-3-10)13-11-6-9-18-12(11)4-7-15-13/h6,9-10,13,15H,1-5,7-8H2. The van der Waals surface area contributed by atoms with Crippen LogP contribution in [0.3, 0.4) is 0 Å². The molecule has 1 aromatic rings. The lowest BCUT2D eigenvalue weighted by Gasteiger charge is -2.26. The first kappa shape index (κ1) is 12.2. The lowest BCUT2D eigenvalue weighted by molar-refractivity contribution is -0.147. The van der Waals surface area contributed by atoms with E-state index in [1.807, 2.05) is 6.07 Å². The quantitative estimate of drug-likeness (QED) is 0.851. The Morgan fingerprint density at radius 3 is 3.17 bits per heavy atom. The molecule has 0 aromatic carbocycles. The highest BCUT2D eigenvalue weighted by atomic mass is 32.1. The van der Waals surface area contributed by atoms with E-state index in [9.17, 15) is 4.79 Å². The average Bonchev–Trinajstić information content (AvgIpc) is 2.79. The molecule has 1 aromatic heterocycles. The van der Waals surface area contributed by atoms with Crippen molar-refractivity contribution in [3.8, 4) is 0 Å². The Labute approximate surface area is 112 Å². The van der Waals surface area contributed by atoms with Gasteiger partial charge in [0, 0.05) is 11.4 Å². The van der Waals surface area contributed by atoms with Crippen molar-refractivity contribution in [2.75, 3.05) is 13.2 Å². The number of thiophene rings is 1. The molecule has 4 heteroatoms. The summed E-state index contributed by atoms with van der Waals surface area (Å²) < 4.78 is 5.42. The summed E-state index contributed by atoms with van der Waals surface area (Å²) in [5.41, 5.74) is 1.12. The Hall–Kier alpha value is -0.870.